The molecule has 7 nitrogen and oxygen atoms in total. The van der Waals surface area contributed by atoms with E-state index in [0.29, 0.717) is 19.3 Å². The minimum atomic E-state index is -1.02. The van der Waals surface area contributed by atoms with E-state index >= 15 is 0 Å². The molecule has 0 aliphatic rings. The molecule has 0 bridgehead atoms. The van der Waals surface area contributed by atoms with Crippen LogP contribution in [0.15, 0.2) is 12.7 Å². The van der Waals surface area contributed by atoms with E-state index in [0.717, 1.165) is 62.8 Å². The van der Waals surface area contributed by atoms with Gasteiger partial charge in [-0.2, -0.15) is 0 Å². The monoisotopic (exact) mass is 511 g/mol. The van der Waals surface area contributed by atoms with Crippen molar-refractivity contribution < 1.29 is 34.2 Å². The van der Waals surface area contributed by atoms with Crippen molar-refractivity contribution in [2.24, 2.45) is 0 Å². The minimum absolute atomic E-state index is 0.0618. The van der Waals surface area contributed by atoms with Gasteiger partial charge >= 0.3 is 11.9 Å². The number of rotatable bonds is 28. The standard InChI is InChI=1S/C29H53NO6/c1-2-3-4-5-6-7-8-9-10-11-12-16-23-30(24-17-13-20-27(31)32,25-18-14-21-28(33)34)26-19-15-22-29(35)36/h2H,1,3-26H2,(H2-,31,32,33,34,35,36). The lowest BCUT2D eigenvalue weighted by atomic mass is 10.0. The molecule has 0 spiro atoms. The summed E-state index contributed by atoms with van der Waals surface area (Å²) in [5, 5.41) is 28.8. The Labute approximate surface area is 219 Å². The molecule has 0 radical (unpaired) electrons. The van der Waals surface area contributed by atoms with Crippen molar-refractivity contribution in [3.05, 3.63) is 12.7 Å². The molecule has 0 atom stereocenters. The fourth-order valence-corrected chi connectivity index (χ4v) is 4.98. The van der Waals surface area contributed by atoms with Crippen molar-refractivity contribution in [2.75, 3.05) is 26.2 Å². The SMILES string of the molecule is C=CCCCCCCCCCCCC[N+](CCCCC(=O)[O-])(CCCCC(=O)O)CCCCC(=O)O. The van der Waals surface area contributed by atoms with Gasteiger partial charge in [0.25, 0.3) is 0 Å². The largest absolute Gasteiger partial charge is 0.550 e. The molecule has 0 aromatic rings. The van der Waals surface area contributed by atoms with Crippen molar-refractivity contribution >= 4 is 17.9 Å². The highest BCUT2D eigenvalue weighted by Crippen LogP contribution is 2.19. The number of carbonyl (C=O) groups is 3. The zero-order valence-corrected chi connectivity index (χ0v) is 22.7. The molecular formula is C29H53NO6. The average Bonchev–Trinajstić information content (AvgIpc) is 2.82. The molecule has 0 saturated carbocycles. The molecule has 0 unspecified atom stereocenters. The first-order valence-electron chi connectivity index (χ1n) is 14.4. The van der Waals surface area contributed by atoms with E-state index in [1.54, 1.807) is 0 Å². The molecular weight excluding hydrogens is 458 g/mol. The van der Waals surface area contributed by atoms with Crippen LogP contribution in [0.1, 0.15) is 128 Å². The summed E-state index contributed by atoms with van der Waals surface area (Å²) < 4.78 is 0.844. The van der Waals surface area contributed by atoms with Crippen LogP contribution in [0.5, 0.6) is 0 Å². The predicted octanol–water partition coefficient (Wildman–Crippen LogP) is 5.71. The molecule has 0 amide bonds. The number of unbranched alkanes of at least 4 members (excludes halogenated alkanes) is 13. The molecule has 0 saturated heterocycles. The van der Waals surface area contributed by atoms with Gasteiger partial charge in [-0.25, -0.2) is 0 Å². The number of carbonyl (C=O) groups excluding carboxylic acids is 1. The lowest BCUT2D eigenvalue weighted by Crippen LogP contribution is -2.51. The number of carboxylic acid groups (broad SMARTS) is 3. The summed E-state index contributed by atoms with van der Waals surface area (Å²) in [6.07, 6.45) is 20.3. The predicted molar refractivity (Wildman–Crippen MR) is 143 cm³/mol. The second kappa shape index (κ2) is 23.5. The number of aliphatic carboxylic acids is 3. The summed E-state index contributed by atoms with van der Waals surface area (Å²) in [6, 6.07) is 0. The zero-order valence-electron chi connectivity index (χ0n) is 22.7. The van der Waals surface area contributed by atoms with E-state index < -0.39 is 17.9 Å². The van der Waals surface area contributed by atoms with Gasteiger partial charge in [0.05, 0.1) is 26.2 Å². The van der Waals surface area contributed by atoms with Gasteiger partial charge in [0.2, 0.25) is 0 Å². The summed E-state index contributed by atoms with van der Waals surface area (Å²) in [6.45, 7) is 7.37. The molecule has 0 aliphatic heterocycles. The third-order valence-electron chi connectivity index (χ3n) is 7.10. The highest BCUT2D eigenvalue weighted by atomic mass is 16.4. The van der Waals surface area contributed by atoms with Gasteiger partial charge in [-0.3, -0.25) is 9.59 Å². The molecule has 2 N–H and O–H groups in total. The number of hydrogen-bond acceptors (Lipinski definition) is 4. The summed E-state index contributed by atoms with van der Waals surface area (Å²) >= 11 is 0. The summed E-state index contributed by atoms with van der Waals surface area (Å²) in [5.41, 5.74) is 0. The Morgan fingerprint density at radius 2 is 0.889 bits per heavy atom. The van der Waals surface area contributed by atoms with Gasteiger partial charge in [0, 0.05) is 18.8 Å². The second-order valence-electron chi connectivity index (χ2n) is 10.4. The van der Waals surface area contributed by atoms with Crippen molar-refractivity contribution in [3.63, 3.8) is 0 Å². The van der Waals surface area contributed by atoms with Crippen LogP contribution in [0.3, 0.4) is 0 Å². The number of quaternary nitrogens is 1. The van der Waals surface area contributed by atoms with E-state index in [-0.39, 0.29) is 19.3 Å². The van der Waals surface area contributed by atoms with E-state index in [2.05, 4.69) is 6.58 Å². The smallest absolute Gasteiger partial charge is 0.303 e. The fourth-order valence-electron chi connectivity index (χ4n) is 4.98. The first-order valence-corrected chi connectivity index (χ1v) is 14.4. The lowest BCUT2D eigenvalue weighted by molar-refractivity contribution is -0.929. The van der Waals surface area contributed by atoms with Crippen LogP contribution in [0, 0.1) is 0 Å². The van der Waals surface area contributed by atoms with E-state index in [1.165, 1.54) is 57.8 Å². The van der Waals surface area contributed by atoms with Crippen LogP contribution < -0.4 is 5.11 Å². The van der Waals surface area contributed by atoms with Gasteiger partial charge in [-0.15, -0.1) is 6.58 Å². The van der Waals surface area contributed by atoms with Gasteiger partial charge in [-0.1, -0.05) is 51.0 Å². The summed E-state index contributed by atoms with van der Waals surface area (Å²) in [5.74, 6) is -2.58. The van der Waals surface area contributed by atoms with E-state index in [1.807, 2.05) is 6.08 Å². The zero-order chi connectivity index (χ0) is 26.9. The Hall–Kier alpha value is -1.89. The maximum Gasteiger partial charge on any atom is 0.303 e. The first kappa shape index (κ1) is 34.1. The van der Waals surface area contributed by atoms with Crippen LogP contribution in [-0.2, 0) is 14.4 Å². The molecule has 0 fully saturated rings. The molecule has 210 valence electrons. The van der Waals surface area contributed by atoms with Gasteiger partial charge in [-0.05, 0) is 70.6 Å². The molecule has 36 heavy (non-hydrogen) atoms. The molecule has 0 rings (SSSR count). The number of allylic oxidation sites excluding steroid dienone is 1. The van der Waals surface area contributed by atoms with Crippen LogP contribution in [0.2, 0.25) is 0 Å². The highest BCUT2D eigenvalue weighted by molar-refractivity contribution is 5.66. The highest BCUT2D eigenvalue weighted by Gasteiger charge is 2.26. The van der Waals surface area contributed by atoms with Crippen molar-refractivity contribution in [3.8, 4) is 0 Å². The topological polar surface area (TPSA) is 115 Å². The van der Waals surface area contributed by atoms with Crippen molar-refractivity contribution in [1.29, 1.82) is 0 Å². The van der Waals surface area contributed by atoms with Gasteiger partial charge in [0.15, 0.2) is 0 Å². The van der Waals surface area contributed by atoms with Gasteiger partial charge in [0.1, 0.15) is 0 Å². The minimum Gasteiger partial charge on any atom is -0.550 e. The molecule has 0 heterocycles. The number of hydrogen-bond donors (Lipinski definition) is 2. The van der Waals surface area contributed by atoms with Gasteiger partial charge < -0.3 is 24.6 Å². The quantitative estimate of drug-likeness (QED) is 0.0790. The van der Waals surface area contributed by atoms with Crippen molar-refractivity contribution in [2.45, 2.75) is 128 Å². The maximum absolute atomic E-state index is 10.9. The average molecular weight is 512 g/mol. The number of carboxylic acids is 3. The fraction of sp³-hybridized carbons (Fsp3) is 0.828. The Balaban J connectivity index is 4.62. The van der Waals surface area contributed by atoms with Crippen LogP contribution >= 0.6 is 0 Å². The molecule has 7 heteroatoms. The first-order chi connectivity index (χ1) is 17.3. The lowest BCUT2D eigenvalue weighted by Gasteiger charge is -2.39. The summed E-state index contributed by atoms with van der Waals surface area (Å²) in [7, 11) is 0. The van der Waals surface area contributed by atoms with E-state index in [9.17, 15) is 19.5 Å². The Bertz CT molecular complexity index is 537. The Kier molecular flexibility index (Phi) is 22.3. The van der Waals surface area contributed by atoms with Crippen LogP contribution in [0.4, 0.5) is 0 Å². The normalized spacial score (nSPS) is 11.4. The van der Waals surface area contributed by atoms with Crippen molar-refractivity contribution in [1.82, 2.24) is 0 Å². The number of nitrogens with zero attached hydrogens (tertiary/aromatic N) is 1. The summed E-state index contributed by atoms with van der Waals surface area (Å²) in [4.78, 5) is 32.7. The third-order valence-corrected chi connectivity index (χ3v) is 7.10. The Morgan fingerprint density at radius 1 is 0.556 bits per heavy atom. The van der Waals surface area contributed by atoms with Crippen LogP contribution in [-0.4, -0.2) is 58.8 Å². The molecule has 0 aromatic carbocycles. The second-order valence-corrected chi connectivity index (χ2v) is 10.4. The Morgan fingerprint density at radius 3 is 1.25 bits per heavy atom. The van der Waals surface area contributed by atoms with Crippen LogP contribution in [0.25, 0.3) is 0 Å². The maximum atomic E-state index is 10.9. The molecule has 0 aliphatic carbocycles. The van der Waals surface area contributed by atoms with E-state index in [4.69, 9.17) is 10.2 Å². The third kappa shape index (κ3) is 22.6. The molecule has 0 aromatic heterocycles.